The quantitative estimate of drug-likeness (QED) is 0.751. The van der Waals surface area contributed by atoms with E-state index in [1.165, 1.54) is 10.6 Å². The van der Waals surface area contributed by atoms with Crippen LogP contribution in [-0.4, -0.2) is 10.5 Å². The minimum atomic E-state index is -0.0746. The van der Waals surface area contributed by atoms with Crippen LogP contribution in [0.5, 0.6) is 0 Å². The van der Waals surface area contributed by atoms with Gasteiger partial charge in [0.15, 0.2) is 0 Å². The Morgan fingerprint density at radius 3 is 2.79 bits per heavy atom. The first-order chi connectivity index (χ1) is 6.66. The summed E-state index contributed by atoms with van der Waals surface area (Å²) in [6.45, 7) is 0. The number of hydrogen-bond acceptors (Lipinski definition) is 2. The van der Waals surface area contributed by atoms with Crippen molar-refractivity contribution < 1.29 is 4.79 Å². The van der Waals surface area contributed by atoms with E-state index >= 15 is 0 Å². The molecule has 0 bridgehead atoms. The summed E-state index contributed by atoms with van der Waals surface area (Å²) < 4.78 is 1.45. The Labute approximate surface area is 81.6 Å². The van der Waals surface area contributed by atoms with E-state index in [9.17, 15) is 9.59 Å². The predicted octanol–water partition coefficient (Wildman–Crippen LogP) is 0.734. The van der Waals surface area contributed by atoms with Gasteiger partial charge in [0, 0.05) is 25.2 Å². The smallest absolute Gasteiger partial charge is 0.250 e. The number of nitrogens with one attached hydrogen (secondary N) is 1. The zero-order chi connectivity index (χ0) is 10.1. The van der Waals surface area contributed by atoms with Gasteiger partial charge in [-0.3, -0.25) is 9.59 Å². The molecule has 2 rings (SSSR count). The number of aromatic nitrogens is 1. The lowest BCUT2D eigenvalue weighted by molar-refractivity contribution is -0.117. The van der Waals surface area contributed by atoms with Gasteiger partial charge in [0.2, 0.25) is 11.5 Å². The third-order valence-electron chi connectivity index (χ3n) is 2.30. The van der Waals surface area contributed by atoms with Crippen molar-refractivity contribution in [1.29, 1.82) is 0 Å². The minimum absolute atomic E-state index is 0.0589. The van der Waals surface area contributed by atoms with Crippen molar-refractivity contribution >= 4 is 11.6 Å². The molecule has 0 aromatic carbocycles. The molecular weight excluding hydrogens is 180 g/mol. The molecule has 1 heterocycles. The van der Waals surface area contributed by atoms with Crippen molar-refractivity contribution in [2.24, 2.45) is 13.0 Å². The molecule has 1 saturated carbocycles. The van der Waals surface area contributed by atoms with E-state index in [2.05, 4.69) is 5.32 Å². The molecule has 0 spiro atoms. The molecule has 0 radical (unpaired) electrons. The summed E-state index contributed by atoms with van der Waals surface area (Å²) in [4.78, 5) is 22.4. The van der Waals surface area contributed by atoms with Crippen molar-refractivity contribution in [2.45, 2.75) is 12.8 Å². The third kappa shape index (κ3) is 1.84. The number of aryl methyl sites for hydroxylation is 1. The van der Waals surface area contributed by atoms with Crippen LogP contribution >= 0.6 is 0 Å². The van der Waals surface area contributed by atoms with Crippen molar-refractivity contribution in [1.82, 2.24) is 4.57 Å². The maximum absolute atomic E-state index is 11.4. The third-order valence-corrected chi connectivity index (χ3v) is 2.30. The van der Waals surface area contributed by atoms with Crippen LogP contribution < -0.4 is 10.9 Å². The van der Waals surface area contributed by atoms with Crippen LogP contribution in [0.1, 0.15) is 12.8 Å². The predicted molar refractivity (Wildman–Crippen MR) is 53.0 cm³/mol. The highest BCUT2D eigenvalue weighted by atomic mass is 16.2. The zero-order valence-corrected chi connectivity index (χ0v) is 7.99. The molecule has 1 aliphatic carbocycles. The zero-order valence-electron chi connectivity index (χ0n) is 7.99. The summed E-state index contributed by atoms with van der Waals surface area (Å²) in [5.41, 5.74) is 0.610. The number of amides is 1. The first-order valence-electron chi connectivity index (χ1n) is 4.64. The van der Waals surface area contributed by atoms with Crippen molar-refractivity contribution in [3.63, 3.8) is 0 Å². The van der Waals surface area contributed by atoms with E-state index in [0.717, 1.165) is 12.8 Å². The summed E-state index contributed by atoms with van der Waals surface area (Å²) >= 11 is 0. The molecule has 1 amide bonds. The topological polar surface area (TPSA) is 51.1 Å². The summed E-state index contributed by atoms with van der Waals surface area (Å²) in [7, 11) is 1.66. The SMILES string of the molecule is Cn1cc(NC(=O)C2CC2)ccc1=O. The molecule has 1 aliphatic rings. The Kier molecular flexibility index (Phi) is 2.11. The lowest BCUT2D eigenvalue weighted by Gasteiger charge is -2.04. The molecule has 0 aliphatic heterocycles. The molecule has 74 valence electrons. The number of pyridine rings is 1. The normalized spacial score (nSPS) is 15.2. The van der Waals surface area contributed by atoms with E-state index < -0.39 is 0 Å². The number of nitrogens with zero attached hydrogens (tertiary/aromatic N) is 1. The van der Waals surface area contributed by atoms with Crippen LogP contribution in [0, 0.1) is 5.92 Å². The van der Waals surface area contributed by atoms with Gasteiger partial charge in [-0.1, -0.05) is 0 Å². The first-order valence-corrected chi connectivity index (χ1v) is 4.64. The van der Waals surface area contributed by atoms with Gasteiger partial charge < -0.3 is 9.88 Å². The van der Waals surface area contributed by atoms with Gasteiger partial charge in [0.1, 0.15) is 0 Å². The van der Waals surface area contributed by atoms with E-state index in [-0.39, 0.29) is 17.4 Å². The van der Waals surface area contributed by atoms with Gasteiger partial charge in [0.25, 0.3) is 0 Å². The molecule has 4 heteroatoms. The number of hydrogen-bond donors (Lipinski definition) is 1. The summed E-state index contributed by atoms with van der Waals surface area (Å²) in [5.74, 6) is 0.246. The van der Waals surface area contributed by atoms with Gasteiger partial charge in [-0.25, -0.2) is 0 Å². The first kappa shape index (κ1) is 8.99. The molecular formula is C10H12N2O2. The Balaban J connectivity index is 2.12. The second-order valence-corrected chi connectivity index (χ2v) is 3.63. The standard InChI is InChI=1S/C10H12N2O2/c1-12-6-8(4-5-9(12)13)11-10(14)7-2-3-7/h4-7H,2-3H2,1H3,(H,11,14). The average molecular weight is 192 g/mol. The number of carbonyl (C=O) groups is 1. The highest BCUT2D eigenvalue weighted by molar-refractivity contribution is 5.93. The average Bonchev–Trinajstić information content (AvgIpc) is 2.94. The van der Waals surface area contributed by atoms with Gasteiger partial charge in [-0.2, -0.15) is 0 Å². The maximum atomic E-state index is 11.4. The second-order valence-electron chi connectivity index (χ2n) is 3.63. The number of anilines is 1. The molecule has 14 heavy (non-hydrogen) atoms. The van der Waals surface area contributed by atoms with Crippen LogP contribution in [0.15, 0.2) is 23.1 Å². The maximum Gasteiger partial charge on any atom is 0.250 e. The molecule has 0 atom stereocenters. The summed E-state index contributed by atoms with van der Waals surface area (Å²) in [6.07, 6.45) is 3.60. The van der Waals surface area contributed by atoms with E-state index in [0.29, 0.717) is 5.69 Å². The Morgan fingerprint density at radius 1 is 1.50 bits per heavy atom. The molecule has 4 nitrogen and oxygen atoms in total. The minimum Gasteiger partial charge on any atom is -0.325 e. The lowest BCUT2D eigenvalue weighted by Crippen LogP contribution is -2.18. The summed E-state index contributed by atoms with van der Waals surface area (Å²) in [6, 6.07) is 3.07. The van der Waals surface area contributed by atoms with Crippen LogP contribution in [0.4, 0.5) is 5.69 Å². The molecule has 1 fully saturated rings. The van der Waals surface area contributed by atoms with Gasteiger partial charge in [-0.05, 0) is 18.9 Å². The van der Waals surface area contributed by atoms with Crippen LogP contribution in [0.3, 0.4) is 0 Å². The van der Waals surface area contributed by atoms with Crippen LogP contribution in [0.25, 0.3) is 0 Å². The fourth-order valence-electron chi connectivity index (χ4n) is 1.26. The van der Waals surface area contributed by atoms with Crippen LogP contribution in [-0.2, 0) is 11.8 Å². The second kappa shape index (κ2) is 3.29. The van der Waals surface area contributed by atoms with Gasteiger partial charge in [-0.15, -0.1) is 0 Å². The Morgan fingerprint density at radius 2 is 2.21 bits per heavy atom. The van der Waals surface area contributed by atoms with Gasteiger partial charge >= 0.3 is 0 Å². The largest absolute Gasteiger partial charge is 0.325 e. The van der Waals surface area contributed by atoms with Crippen LogP contribution in [0.2, 0.25) is 0 Å². The number of rotatable bonds is 2. The monoisotopic (exact) mass is 192 g/mol. The molecule has 1 aromatic heterocycles. The van der Waals surface area contributed by atoms with E-state index in [4.69, 9.17) is 0 Å². The number of carbonyl (C=O) groups excluding carboxylic acids is 1. The Hall–Kier alpha value is -1.58. The summed E-state index contributed by atoms with van der Waals surface area (Å²) in [5, 5.41) is 2.77. The van der Waals surface area contributed by atoms with E-state index in [1.54, 1.807) is 19.3 Å². The fraction of sp³-hybridized carbons (Fsp3) is 0.400. The fourth-order valence-corrected chi connectivity index (χ4v) is 1.26. The van der Waals surface area contributed by atoms with Crippen molar-refractivity contribution in [3.05, 3.63) is 28.7 Å². The van der Waals surface area contributed by atoms with Gasteiger partial charge in [0.05, 0.1) is 5.69 Å². The van der Waals surface area contributed by atoms with E-state index in [1.807, 2.05) is 0 Å². The highest BCUT2D eigenvalue weighted by Gasteiger charge is 2.29. The van der Waals surface area contributed by atoms with Crippen molar-refractivity contribution in [3.8, 4) is 0 Å². The highest BCUT2D eigenvalue weighted by Crippen LogP contribution is 2.29. The molecule has 1 N–H and O–H groups in total. The lowest BCUT2D eigenvalue weighted by atomic mass is 10.3. The molecule has 1 aromatic rings. The Bertz CT molecular complexity index is 418. The molecule has 0 saturated heterocycles. The molecule has 0 unspecified atom stereocenters. The van der Waals surface area contributed by atoms with Crippen molar-refractivity contribution in [2.75, 3.05) is 5.32 Å².